The summed E-state index contributed by atoms with van der Waals surface area (Å²) < 4.78 is 0. The van der Waals surface area contributed by atoms with Crippen LogP contribution in [0.4, 0.5) is 0 Å². The topological polar surface area (TPSA) is 24.9 Å². The normalized spacial score (nSPS) is 12.1. The minimum absolute atomic E-state index is 0.157. The van der Waals surface area contributed by atoms with E-state index in [2.05, 4.69) is 39.9 Å². The number of unbranched alkanes of at least 4 members (excludes halogenated alkanes) is 1. The lowest BCUT2D eigenvalue weighted by Gasteiger charge is -2.17. The van der Waals surface area contributed by atoms with Crippen molar-refractivity contribution in [1.82, 2.24) is 10.3 Å². The van der Waals surface area contributed by atoms with Crippen molar-refractivity contribution in [2.75, 3.05) is 6.54 Å². The summed E-state index contributed by atoms with van der Waals surface area (Å²) in [6.07, 6.45) is 4.82. The van der Waals surface area contributed by atoms with Crippen LogP contribution in [0.1, 0.15) is 69.5 Å². The maximum atomic E-state index is 4.88. The molecule has 0 fully saturated rings. The highest BCUT2D eigenvalue weighted by molar-refractivity contribution is 7.11. The summed E-state index contributed by atoms with van der Waals surface area (Å²) in [6, 6.07) is 0. The minimum Gasteiger partial charge on any atom is -0.312 e. The molecule has 18 heavy (non-hydrogen) atoms. The largest absolute Gasteiger partial charge is 0.312 e. The summed E-state index contributed by atoms with van der Waals surface area (Å²) in [4.78, 5) is 6.31. The van der Waals surface area contributed by atoms with E-state index in [0.717, 1.165) is 19.5 Å². The first-order valence-corrected chi connectivity index (χ1v) is 8.00. The number of nitrogens with zero attached hydrogens (tertiary/aromatic N) is 1. The monoisotopic (exact) mass is 268 g/mol. The van der Waals surface area contributed by atoms with Gasteiger partial charge in [0.1, 0.15) is 0 Å². The Morgan fingerprint density at radius 2 is 1.89 bits per heavy atom. The molecular formula is C15H28N2S. The van der Waals surface area contributed by atoms with Gasteiger partial charge < -0.3 is 5.32 Å². The quantitative estimate of drug-likeness (QED) is 0.746. The van der Waals surface area contributed by atoms with Gasteiger partial charge in [-0.05, 0) is 25.8 Å². The number of hydrogen-bond acceptors (Lipinski definition) is 3. The fourth-order valence-corrected chi connectivity index (χ4v) is 3.21. The minimum atomic E-state index is 0.157. The van der Waals surface area contributed by atoms with Crippen molar-refractivity contribution in [1.29, 1.82) is 0 Å². The Kier molecular flexibility index (Phi) is 6.30. The number of nitrogens with one attached hydrogen (secondary N) is 1. The van der Waals surface area contributed by atoms with Gasteiger partial charge in [-0.25, -0.2) is 4.98 Å². The van der Waals surface area contributed by atoms with Gasteiger partial charge in [0.05, 0.1) is 10.7 Å². The highest BCUT2D eigenvalue weighted by atomic mass is 32.1. The molecule has 0 spiro atoms. The SMILES string of the molecule is CCCCc1nc(C(C)(C)C)c(CNCCC)s1. The zero-order valence-electron chi connectivity index (χ0n) is 12.6. The maximum absolute atomic E-state index is 4.88. The molecule has 0 atom stereocenters. The smallest absolute Gasteiger partial charge is 0.0931 e. The molecule has 0 aromatic carbocycles. The van der Waals surface area contributed by atoms with Gasteiger partial charge in [0.25, 0.3) is 0 Å². The first kappa shape index (κ1) is 15.6. The molecule has 1 aromatic heterocycles. The van der Waals surface area contributed by atoms with Crippen LogP contribution in [0.5, 0.6) is 0 Å². The molecule has 0 saturated heterocycles. The second-order valence-corrected chi connectivity index (χ2v) is 7.08. The Morgan fingerprint density at radius 3 is 2.44 bits per heavy atom. The van der Waals surface area contributed by atoms with Crippen LogP contribution < -0.4 is 5.32 Å². The fraction of sp³-hybridized carbons (Fsp3) is 0.800. The van der Waals surface area contributed by atoms with Gasteiger partial charge in [0.2, 0.25) is 0 Å². The first-order valence-electron chi connectivity index (χ1n) is 7.18. The van der Waals surface area contributed by atoms with Crippen molar-refractivity contribution in [3.05, 3.63) is 15.6 Å². The Hall–Kier alpha value is -0.410. The highest BCUT2D eigenvalue weighted by Crippen LogP contribution is 2.30. The van der Waals surface area contributed by atoms with Gasteiger partial charge in [-0.2, -0.15) is 0 Å². The molecule has 1 N–H and O–H groups in total. The van der Waals surface area contributed by atoms with Crippen LogP contribution in [0.3, 0.4) is 0 Å². The number of thiazole rings is 1. The Bertz CT molecular complexity index is 350. The van der Waals surface area contributed by atoms with Crippen LogP contribution in [0, 0.1) is 0 Å². The van der Waals surface area contributed by atoms with E-state index in [1.54, 1.807) is 0 Å². The molecule has 2 nitrogen and oxygen atoms in total. The molecule has 0 unspecified atom stereocenters. The van der Waals surface area contributed by atoms with Gasteiger partial charge in [0.15, 0.2) is 0 Å². The molecule has 3 heteroatoms. The average molecular weight is 268 g/mol. The lowest BCUT2D eigenvalue weighted by Crippen LogP contribution is -2.19. The molecule has 0 amide bonds. The van der Waals surface area contributed by atoms with Crippen molar-refractivity contribution >= 4 is 11.3 Å². The molecule has 0 aliphatic carbocycles. The number of hydrogen-bond donors (Lipinski definition) is 1. The van der Waals surface area contributed by atoms with E-state index < -0.39 is 0 Å². The Morgan fingerprint density at radius 1 is 1.17 bits per heavy atom. The van der Waals surface area contributed by atoms with Gasteiger partial charge in [-0.3, -0.25) is 0 Å². The molecule has 0 saturated carbocycles. The molecule has 1 rings (SSSR count). The second-order valence-electron chi connectivity index (χ2n) is 5.91. The number of rotatable bonds is 7. The first-order chi connectivity index (χ1) is 8.49. The summed E-state index contributed by atoms with van der Waals surface area (Å²) in [5, 5.41) is 4.82. The van der Waals surface area contributed by atoms with E-state index in [1.807, 2.05) is 11.3 Å². The molecule has 1 aromatic rings. The zero-order valence-corrected chi connectivity index (χ0v) is 13.4. The molecule has 104 valence electrons. The Balaban J connectivity index is 2.80. The van der Waals surface area contributed by atoms with Crippen molar-refractivity contribution in [2.45, 2.75) is 72.3 Å². The van der Waals surface area contributed by atoms with E-state index in [4.69, 9.17) is 4.98 Å². The van der Waals surface area contributed by atoms with Gasteiger partial charge in [-0.15, -0.1) is 11.3 Å². The van der Waals surface area contributed by atoms with Crippen LogP contribution in [-0.4, -0.2) is 11.5 Å². The lowest BCUT2D eigenvalue weighted by atomic mass is 9.91. The van der Waals surface area contributed by atoms with Crippen LogP contribution in [0.2, 0.25) is 0 Å². The van der Waals surface area contributed by atoms with Gasteiger partial charge in [-0.1, -0.05) is 41.0 Å². The third-order valence-electron chi connectivity index (χ3n) is 2.91. The van der Waals surface area contributed by atoms with Crippen LogP contribution in [-0.2, 0) is 18.4 Å². The van der Waals surface area contributed by atoms with Crippen LogP contribution in [0.25, 0.3) is 0 Å². The molecule has 1 heterocycles. The Labute approximate surface area is 116 Å². The van der Waals surface area contributed by atoms with E-state index in [9.17, 15) is 0 Å². The summed E-state index contributed by atoms with van der Waals surface area (Å²) >= 11 is 1.90. The summed E-state index contributed by atoms with van der Waals surface area (Å²) in [5.41, 5.74) is 1.45. The lowest BCUT2D eigenvalue weighted by molar-refractivity contribution is 0.556. The maximum Gasteiger partial charge on any atom is 0.0931 e. The van der Waals surface area contributed by atoms with E-state index in [0.29, 0.717) is 0 Å². The summed E-state index contributed by atoms with van der Waals surface area (Å²) in [5.74, 6) is 0. The average Bonchev–Trinajstić information content (AvgIpc) is 2.70. The molecule has 0 aliphatic heterocycles. The van der Waals surface area contributed by atoms with E-state index in [1.165, 1.54) is 34.8 Å². The molecule has 0 radical (unpaired) electrons. The van der Waals surface area contributed by atoms with Crippen LogP contribution in [0.15, 0.2) is 0 Å². The zero-order chi connectivity index (χ0) is 13.6. The fourth-order valence-electron chi connectivity index (χ4n) is 1.92. The van der Waals surface area contributed by atoms with E-state index in [-0.39, 0.29) is 5.41 Å². The predicted octanol–water partition coefficient (Wildman–Crippen LogP) is 4.28. The van der Waals surface area contributed by atoms with Gasteiger partial charge >= 0.3 is 0 Å². The van der Waals surface area contributed by atoms with Gasteiger partial charge in [0, 0.05) is 16.8 Å². The standard InChI is InChI=1S/C15H28N2S/c1-6-8-9-13-17-14(15(3,4)5)12(18-13)11-16-10-7-2/h16H,6-11H2,1-5H3. The highest BCUT2D eigenvalue weighted by Gasteiger charge is 2.22. The van der Waals surface area contributed by atoms with Crippen molar-refractivity contribution < 1.29 is 0 Å². The summed E-state index contributed by atoms with van der Waals surface area (Å²) in [7, 11) is 0. The van der Waals surface area contributed by atoms with Crippen molar-refractivity contribution in [2.24, 2.45) is 0 Å². The van der Waals surface area contributed by atoms with Crippen molar-refractivity contribution in [3.63, 3.8) is 0 Å². The number of aromatic nitrogens is 1. The predicted molar refractivity (Wildman–Crippen MR) is 81.4 cm³/mol. The molecule has 0 aliphatic rings. The summed E-state index contributed by atoms with van der Waals surface area (Å²) in [6.45, 7) is 13.3. The molecular weight excluding hydrogens is 240 g/mol. The molecule has 0 bridgehead atoms. The number of aryl methyl sites for hydroxylation is 1. The van der Waals surface area contributed by atoms with Crippen LogP contribution >= 0.6 is 11.3 Å². The third kappa shape index (κ3) is 4.69. The van der Waals surface area contributed by atoms with E-state index >= 15 is 0 Å². The van der Waals surface area contributed by atoms with Crippen molar-refractivity contribution in [3.8, 4) is 0 Å². The second kappa shape index (κ2) is 7.25. The third-order valence-corrected chi connectivity index (χ3v) is 4.02.